The largest absolute Gasteiger partial charge is 0.497 e. The topological polar surface area (TPSA) is 51.2 Å². The lowest BCUT2D eigenvalue weighted by atomic mass is 10.2. The third-order valence-corrected chi connectivity index (χ3v) is 4.44. The number of nitrogens with one attached hydrogen (secondary N) is 1. The average Bonchev–Trinajstić information content (AvgIpc) is 3.07. The van der Waals surface area contributed by atoms with Crippen LogP contribution in [0, 0.1) is 0 Å². The van der Waals surface area contributed by atoms with Crippen molar-refractivity contribution < 1.29 is 9.53 Å². The summed E-state index contributed by atoms with van der Waals surface area (Å²) < 4.78 is 5.09. The van der Waals surface area contributed by atoms with Gasteiger partial charge in [-0.15, -0.1) is 11.3 Å². The van der Waals surface area contributed by atoms with Gasteiger partial charge in [0, 0.05) is 11.0 Å². The second kappa shape index (κ2) is 6.10. The van der Waals surface area contributed by atoms with E-state index in [0.717, 1.165) is 29.8 Å². The van der Waals surface area contributed by atoms with Crippen molar-refractivity contribution in [3.8, 4) is 5.75 Å². The van der Waals surface area contributed by atoms with Gasteiger partial charge in [-0.1, -0.05) is 12.1 Å². The Balaban J connectivity index is 1.61. The standard InChI is InChI=1S/C16H16N2O2S/c1-20-12-8-5-11(6-9-12)7-10-15(19)18-16-17-13-3-2-4-14(13)21-16/h5-10H,2-4H2,1H3,(H,17,18,19)/b10-7+. The van der Waals surface area contributed by atoms with Gasteiger partial charge < -0.3 is 4.74 Å². The summed E-state index contributed by atoms with van der Waals surface area (Å²) in [5.41, 5.74) is 2.10. The first-order valence-electron chi connectivity index (χ1n) is 6.86. The zero-order valence-corrected chi connectivity index (χ0v) is 12.6. The second-order valence-corrected chi connectivity index (χ2v) is 5.92. The summed E-state index contributed by atoms with van der Waals surface area (Å²) in [6.45, 7) is 0. The van der Waals surface area contributed by atoms with Gasteiger partial charge in [-0.25, -0.2) is 4.98 Å². The van der Waals surface area contributed by atoms with Crippen molar-refractivity contribution in [3.63, 3.8) is 0 Å². The molecule has 5 heteroatoms. The zero-order valence-electron chi connectivity index (χ0n) is 11.8. The van der Waals surface area contributed by atoms with Gasteiger partial charge in [-0.05, 0) is 43.0 Å². The lowest BCUT2D eigenvalue weighted by Crippen LogP contribution is -2.07. The average molecular weight is 300 g/mol. The third kappa shape index (κ3) is 3.31. The highest BCUT2D eigenvalue weighted by Gasteiger charge is 2.17. The number of methoxy groups -OCH3 is 1. The number of amides is 1. The Labute approximate surface area is 127 Å². The van der Waals surface area contributed by atoms with Crippen LogP contribution in [0.3, 0.4) is 0 Å². The van der Waals surface area contributed by atoms with Crippen LogP contribution in [0.4, 0.5) is 5.13 Å². The molecule has 1 aromatic carbocycles. The highest BCUT2D eigenvalue weighted by atomic mass is 32.1. The minimum Gasteiger partial charge on any atom is -0.497 e. The number of hydrogen-bond acceptors (Lipinski definition) is 4. The van der Waals surface area contributed by atoms with E-state index in [-0.39, 0.29) is 5.91 Å². The molecule has 0 atom stereocenters. The number of carbonyl (C=O) groups excluding carboxylic acids is 1. The molecule has 1 heterocycles. The summed E-state index contributed by atoms with van der Waals surface area (Å²) in [5, 5.41) is 3.52. The van der Waals surface area contributed by atoms with Crippen LogP contribution in [0.2, 0.25) is 0 Å². The SMILES string of the molecule is COc1ccc(/C=C/C(=O)Nc2nc3c(s2)CCC3)cc1. The number of fused-ring (bicyclic) bond motifs is 1. The highest BCUT2D eigenvalue weighted by molar-refractivity contribution is 7.15. The predicted octanol–water partition coefficient (Wildman–Crippen LogP) is 3.29. The number of carbonyl (C=O) groups is 1. The predicted molar refractivity (Wildman–Crippen MR) is 84.8 cm³/mol. The van der Waals surface area contributed by atoms with E-state index < -0.39 is 0 Å². The van der Waals surface area contributed by atoms with Crippen LogP contribution in [0.5, 0.6) is 5.75 Å². The summed E-state index contributed by atoms with van der Waals surface area (Å²) in [5.74, 6) is 0.646. The van der Waals surface area contributed by atoms with E-state index in [0.29, 0.717) is 5.13 Å². The maximum absolute atomic E-state index is 11.9. The van der Waals surface area contributed by atoms with Crippen LogP contribution in [-0.4, -0.2) is 18.0 Å². The van der Waals surface area contributed by atoms with Crippen molar-refractivity contribution in [2.24, 2.45) is 0 Å². The van der Waals surface area contributed by atoms with E-state index >= 15 is 0 Å². The quantitative estimate of drug-likeness (QED) is 0.882. The molecule has 3 rings (SSSR count). The first-order chi connectivity index (χ1) is 10.2. The van der Waals surface area contributed by atoms with Crippen LogP contribution >= 0.6 is 11.3 Å². The van der Waals surface area contributed by atoms with Crippen molar-refractivity contribution >= 4 is 28.5 Å². The monoisotopic (exact) mass is 300 g/mol. The summed E-state index contributed by atoms with van der Waals surface area (Å²) in [7, 11) is 1.63. The van der Waals surface area contributed by atoms with Gasteiger partial charge in [0.25, 0.3) is 0 Å². The molecule has 0 fully saturated rings. The Bertz CT molecular complexity index is 653. The number of hydrogen-bond donors (Lipinski definition) is 1. The molecular formula is C16H16N2O2S. The molecule has 0 aliphatic heterocycles. The number of nitrogens with zero attached hydrogens (tertiary/aromatic N) is 1. The van der Waals surface area contributed by atoms with Gasteiger partial charge in [0.1, 0.15) is 5.75 Å². The fourth-order valence-electron chi connectivity index (χ4n) is 2.28. The number of aromatic nitrogens is 1. The third-order valence-electron chi connectivity index (χ3n) is 3.37. The van der Waals surface area contributed by atoms with E-state index in [1.807, 2.05) is 24.3 Å². The molecule has 0 saturated heterocycles. The molecule has 108 valence electrons. The van der Waals surface area contributed by atoms with Crippen LogP contribution in [0.15, 0.2) is 30.3 Å². The van der Waals surface area contributed by atoms with E-state index in [1.54, 1.807) is 24.5 Å². The van der Waals surface area contributed by atoms with Gasteiger partial charge in [0.2, 0.25) is 5.91 Å². The fourth-order valence-corrected chi connectivity index (χ4v) is 3.33. The maximum Gasteiger partial charge on any atom is 0.250 e. The molecule has 0 unspecified atom stereocenters. The number of ether oxygens (including phenoxy) is 1. The van der Waals surface area contributed by atoms with Crippen molar-refractivity contribution in [1.29, 1.82) is 0 Å². The van der Waals surface area contributed by atoms with E-state index in [1.165, 1.54) is 17.4 Å². The molecule has 4 nitrogen and oxygen atoms in total. The van der Waals surface area contributed by atoms with Crippen LogP contribution in [0.25, 0.3) is 6.08 Å². The first-order valence-corrected chi connectivity index (χ1v) is 7.68. The summed E-state index contributed by atoms with van der Waals surface area (Å²) in [6.07, 6.45) is 6.60. The van der Waals surface area contributed by atoms with Crippen molar-refractivity contribution in [2.75, 3.05) is 12.4 Å². The van der Waals surface area contributed by atoms with Crippen LogP contribution in [0.1, 0.15) is 22.6 Å². The molecule has 0 saturated carbocycles. The molecule has 1 amide bonds. The number of anilines is 1. The van der Waals surface area contributed by atoms with Gasteiger partial charge in [0.15, 0.2) is 5.13 Å². The van der Waals surface area contributed by atoms with Gasteiger partial charge in [0.05, 0.1) is 12.8 Å². The van der Waals surface area contributed by atoms with Gasteiger partial charge in [-0.2, -0.15) is 0 Å². The number of rotatable bonds is 4. The lowest BCUT2D eigenvalue weighted by Gasteiger charge is -1.99. The van der Waals surface area contributed by atoms with Crippen LogP contribution < -0.4 is 10.1 Å². The number of benzene rings is 1. The molecule has 1 aromatic heterocycles. The molecule has 1 aliphatic rings. The first kappa shape index (κ1) is 13.8. The molecule has 1 N–H and O–H groups in total. The molecule has 0 spiro atoms. The van der Waals surface area contributed by atoms with E-state index in [9.17, 15) is 4.79 Å². The van der Waals surface area contributed by atoms with Crippen molar-refractivity contribution in [2.45, 2.75) is 19.3 Å². The summed E-state index contributed by atoms with van der Waals surface area (Å²) in [6, 6.07) is 7.53. The minimum absolute atomic E-state index is 0.154. The molecule has 1 aliphatic carbocycles. The second-order valence-electron chi connectivity index (χ2n) is 4.84. The van der Waals surface area contributed by atoms with E-state index in [2.05, 4.69) is 10.3 Å². The molecule has 2 aromatic rings. The Morgan fingerprint density at radius 2 is 2.14 bits per heavy atom. The number of aryl methyl sites for hydroxylation is 2. The maximum atomic E-state index is 11.9. The van der Waals surface area contributed by atoms with Gasteiger partial charge in [-0.3, -0.25) is 10.1 Å². The smallest absolute Gasteiger partial charge is 0.250 e. The van der Waals surface area contributed by atoms with Crippen molar-refractivity contribution in [1.82, 2.24) is 4.98 Å². The Kier molecular flexibility index (Phi) is 4.01. The van der Waals surface area contributed by atoms with Gasteiger partial charge >= 0.3 is 0 Å². The Morgan fingerprint density at radius 1 is 1.33 bits per heavy atom. The van der Waals surface area contributed by atoms with E-state index in [4.69, 9.17) is 4.74 Å². The van der Waals surface area contributed by atoms with Crippen LogP contribution in [-0.2, 0) is 17.6 Å². The zero-order chi connectivity index (χ0) is 14.7. The summed E-state index contributed by atoms with van der Waals surface area (Å²) >= 11 is 1.58. The lowest BCUT2D eigenvalue weighted by molar-refractivity contribution is -0.111. The van der Waals surface area contributed by atoms with Crippen molar-refractivity contribution in [3.05, 3.63) is 46.5 Å². The fraction of sp³-hybridized carbons (Fsp3) is 0.250. The Hall–Kier alpha value is -2.14. The molecule has 0 bridgehead atoms. The molecular weight excluding hydrogens is 284 g/mol. The highest BCUT2D eigenvalue weighted by Crippen LogP contribution is 2.30. The number of thiazole rings is 1. The summed E-state index contributed by atoms with van der Waals surface area (Å²) in [4.78, 5) is 17.6. The minimum atomic E-state index is -0.154. The molecule has 0 radical (unpaired) electrons. The normalized spacial score (nSPS) is 13.4. The molecule has 21 heavy (non-hydrogen) atoms. The Morgan fingerprint density at radius 3 is 2.86 bits per heavy atom.